The Kier molecular flexibility index (Phi) is 5.79. The lowest BCUT2D eigenvalue weighted by Crippen LogP contribution is -2.24. The molecule has 7 nitrogen and oxygen atoms in total. The third-order valence-electron chi connectivity index (χ3n) is 3.68. The summed E-state index contributed by atoms with van der Waals surface area (Å²) in [5.41, 5.74) is 1.64. The van der Waals surface area contributed by atoms with Crippen molar-refractivity contribution in [1.82, 2.24) is 0 Å². The van der Waals surface area contributed by atoms with Crippen LogP contribution in [0.2, 0.25) is 0 Å². The van der Waals surface area contributed by atoms with E-state index in [2.05, 4.69) is 5.32 Å². The van der Waals surface area contributed by atoms with Gasteiger partial charge < -0.3 is 10.1 Å². The summed E-state index contributed by atoms with van der Waals surface area (Å²) in [6.07, 6.45) is 0.953. The second-order valence-electron chi connectivity index (χ2n) is 7.39. The van der Waals surface area contributed by atoms with Crippen LogP contribution in [0, 0.1) is 17.0 Å². The van der Waals surface area contributed by atoms with Gasteiger partial charge in [-0.05, 0) is 51.5 Å². The van der Waals surface area contributed by atoms with E-state index >= 15 is 0 Å². The highest BCUT2D eigenvalue weighted by atomic mass is 32.2. The molecule has 0 radical (unpaired) electrons. The van der Waals surface area contributed by atoms with E-state index in [4.69, 9.17) is 4.74 Å². The van der Waals surface area contributed by atoms with Gasteiger partial charge >= 0.3 is 0 Å². The number of benzene rings is 2. The second kappa shape index (κ2) is 7.56. The van der Waals surface area contributed by atoms with Gasteiger partial charge in [-0.1, -0.05) is 12.1 Å². The number of anilines is 1. The van der Waals surface area contributed by atoms with Gasteiger partial charge in [0.15, 0.2) is 9.84 Å². The standard InChI is InChI=1S/C19H24N2O5S/c1-13-6-7-14(17(10-13)26-19(2,3)4)12-20-15-8-9-16(21(22)23)18(11-15)27(5,24)25/h6-11,20H,12H2,1-5H3. The predicted octanol–water partition coefficient (Wildman–Crippen LogP) is 4.10. The van der Waals surface area contributed by atoms with Crippen molar-refractivity contribution in [2.75, 3.05) is 11.6 Å². The first-order valence-electron chi connectivity index (χ1n) is 8.38. The molecule has 0 unspecified atom stereocenters. The van der Waals surface area contributed by atoms with E-state index < -0.39 is 20.4 Å². The number of nitrogens with one attached hydrogen (secondary N) is 1. The highest BCUT2D eigenvalue weighted by Gasteiger charge is 2.22. The zero-order valence-corrected chi connectivity index (χ0v) is 16.9. The van der Waals surface area contributed by atoms with E-state index in [0.717, 1.165) is 23.1 Å². The number of aryl methyl sites for hydroxylation is 1. The molecule has 146 valence electrons. The largest absolute Gasteiger partial charge is 0.488 e. The van der Waals surface area contributed by atoms with Crippen molar-refractivity contribution in [2.45, 2.75) is 44.7 Å². The van der Waals surface area contributed by atoms with E-state index in [1.807, 2.05) is 45.9 Å². The first-order chi connectivity index (χ1) is 12.4. The summed E-state index contributed by atoms with van der Waals surface area (Å²) in [7, 11) is -3.73. The van der Waals surface area contributed by atoms with Crippen molar-refractivity contribution < 1.29 is 18.1 Å². The number of nitro benzene ring substituents is 1. The predicted molar refractivity (Wildman–Crippen MR) is 105 cm³/mol. The minimum atomic E-state index is -3.73. The highest BCUT2D eigenvalue weighted by molar-refractivity contribution is 7.90. The Hall–Kier alpha value is -2.61. The molecule has 0 heterocycles. The van der Waals surface area contributed by atoms with E-state index in [-0.39, 0.29) is 10.5 Å². The topological polar surface area (TPSA) is 98.5 Å². The van der Waals surface area contributed by atoms with Crippen LogP contribution in [0.3, 0.4) is 0 Å². The van der Waals surface area contributed by atoms with Gasteiger partial charge in [0.05, 0.1) is 4.92 Å². The molecule has 2 rings (SSSR count). The lowest BCUT2D eigenvalue weighted by atomic mass is 10.1. The SMILES string of the molecule is Cc1ccc(CNc2ccc([N+](=O)[O-])c(S(C)(=O)=O)c2)c(OC(C)(C)C)c1. The number of hydrogen-bond donors (Lipinski definition) is 1. The summed E-state index contributed by atoms with van der Waals surface area (Å²) in [6.45, 7) is 8.23. The number of ether oxygens (including phenoxy) is 1. The normalized spacial score (nSPS) is 11.9. The number of rotatable bonds is 6. The molecule has 0 aliphatic rings. The molecule has 2 aromatic rings. The molecular formula is C19H24N2O5S. The molecule has 0 aliphatic heterocycles. The number of nitro groups is 1. The molecule has 0 saturated heterocycles. The Morgan fingerprint density at radius 2 is 1.81 bits per heavy atom. The van der Waals surface area contributed by atoms with Gasteiger partial charge in [0, 0.05) is 30.1 Å². The summed E-state index contributed by atoms with van der Waals surface area (Å²) in [5, 5.41) is 14.2. The van der Waals surface area contributed by atoms with Gasteiger partial charge in [0.25, 0.3) is 5.69 Å². The maximum absolute atomic E-state index is 11.9. The van der Waals surface area contributed by atoms with Crippen LogP contribution in [-0.2, 0) is 16.4 Å². The van der Waals surface area contributed by atoms with E-state index in [1.165, 1.54) is 18.2 Å². The summed E-state index contributed by atoms with van der Waals surface area (Å²) in [4.78, 5) is 10.1. The molecular weight excluding hydrogens is 368 g/mol. The lowest BCUT2D eigenvalue weighted by Gasteiger charge is -2.24. The molecule has 0 amide bonds. The van der Waals surface area contributed by atoms with Crippen LogP contribution in [0.1, 0.15) is 31.9 Å². The van der Waals surface area contributed by atoms with Gasteiger partial charge in [-0.25, -0.2) is 8.42 Å². The maximum Gasteiger partial charge on any atom is 0.288 e. The van der Waals surface area contributed by atoms with Crippen LogP contribution in [0.15, 0.2) is 41.3 Å². The Labute approximate surface area is 159 Å². The molecule has 0 spiro atoms. The first-order valence-corrected chi connectivity index (χ1v) is 10.3. The second-order valence-corrected chi connectivity index (χ2v) is 9.38. The van der Waals surface area contributed by atoms with Crippen LogP contribution in [-0.4, -0.2) is 25.2 Å². The molecule has 8 heteroatoms. The summed E-state index contributed by atoms with van der Waals surface area (Å²) in [6, 6.07) is 9.81. The Morgan fingerprint density at radius 3 is 2.37 bits per heavy atom. The van der Waals surface area contributed by atoms with E-state index in [1.54, 1.807) is 0 Å². The maximum atomic E-state index is 11.9. The van der Waals surface area contributed by atoms with Gasteiger partial charge in [-0.15, -0.1) is 0 Å². The molecule has 1 N–H and O–H groups in total. The fourth-order valence-corrected chi connectivity index (χ4v) is 3.37. The van der Waals surface area contributed by atoms with E-state index in [9.17, 15) is 18.5 Å². The zero-order valence-electron chi connectivity index (χ0n) is 16.1. The molecule has 0 aromatic heterocycles. The minimum absolute atomic E-state index is 0.312. The number of sulfone groups is 1. The van der Waals surface area contributed by atoms with Crippen LogP contribution in [0.4, 0.5) is 11.4 Å². The van der Waals surface area contributed by atoms with Gasteiger partial charge in [0.2, 0.25) is 0 Å². The fourth-order valence-electron chi connectivity index (χ4n) is 2.50. The smallest absolute Gasteiger partial charge is 0.288 e. The molecule has 0 fully saturated rings. The van der Waals surface area contributed by atoms with Crippen molar-refractivity contribution in [3.63, 3.8) is 0 Å². The summed E-state index contributed by atoms with van der Waals surface area (Å²) < 4.78 is 29.8. The van der Waals surface area contributed by atoms with E-state index in [0.29, 0.717) is 12.2 Å². The lowest BCUT2D eigenvalue weighted by molar-refractivity contribution is -0.387. The molecule has 2 aromatic carbocycles. The third-order valence-corrected chi connectivity index (χ3v) is 4.80. The van der Waals surface area contributed by atoms with Crippen molar-refractivity contribution in [3.05, 3.63) is 57.6 Å². The van der Waals surface area contributed by atoms with Crippen LogP contribution in [0.5, 0.6) is 5.75 Å². The Morgan fingerprint density at radius 1 is 1.15 bits per heavy atom. The summed E-state index contributed by atoms with van der Waals surface area (Å²) in [5.74, 6) is 0.736. The van der Waals surface area contributed by atoms with Crippen LogP contribution >= 0.6 is 0 Å². The van der Waals surface area contributed by atoms with Gasteiger partial charge in [-0.3, -0.25) is 10.1 Å². The van der Waals surface area contributed by atoms with Crippen molar-refractivity contribution >= 4 is 21.2 Å². The van der Waals surface area contributed by atoms with Gasteiger partial charge in [0.1, 0.15) is 16.2 Å². The quantitative estimate of drug-likeness (QED) is 0.587. The monoisotopic (exact) mass is 392 g/mol. The molecule has 0 atom stereocenters. The Bertz CT molecular complexity index is 963. The average molecular weight is 392 g/mol. The van der Waals surface area contributed by atoms with Crippen molar-refractivity contribution in [3.8, 4) is 5.75 Å². The average Bonchev–Trinajstić information content (AvgIpc) is 2.51. The Balaban J connectivity index is 2.31. The summed E-state index contributed by atoms with van der Waals surface area (Å²) >= 11 is 0. The third kappa shape index (κ3) is 5.68. The van der Waals surface area contributed by atoms with Crippen LogP contribution in [0.25, 0.3) is 0 Å². The van der Waals surface area contributed by atoms with Crippen molar-refractivity contribution in [1.29, 1.82) is 0 Å². The molecule has 0 aliphatic carbocycles. The molecule has 0 saturated carbocycles. The zero-order chi connectivity index (χ0) is 20.4. The first kappa shape index (κ1) is 20.7. The van der Waals surface area contributed by atoms with Crippen LogP contribution < -0.4 is 10.1 Å². The number of nitrogens with zero attached hydrogens (tertiary/aromatic N) is 1. The minimum Gasteiger partial charge on any atom is -0.488 e. The van der Waals surface area contributed by atoms with Crippen molar-refractivity contribution in [2.24, 2.45) is 0 Å². The fraction of sp³-hybridized carbons (Fsp3) is 0.368. The molecule has 0 bridgehead atoms. The molecule has 27 heavy (non-hydrogen) atoms. The van der Waals surface area contributed by atoms with Gasteiger partial charge in [-0.2, -0.15) is 0 Å². The number of hydrogen-bond acceptors (Lipinski definition) is 6. The highest BCUT2D eigenvalue weighted by Crippen LogP contribution is 2.29.